The molecule has 0 saturated carbocycles. The first kappa shape index (κ1) is 27.1. The van der Waals surface area contributed by atoms with E-state index in [1.54, 1.807) is 9.80 Å². The molecule has 0 unspecified atom stereocenters. The van der Waals surface area contributed by atoms with E-state index in [9.17, 15) is 35.4 Å². The summed E-state index contributed by atoms with van der Waals surface area (Å²) in [7, 11) is 0. The van der Waals surface area contributed by atoms with E-state index in [-0.39, 0.29) is 13.2 Å². The predicted molar refractivity (Wildman–Crippen MR) is 108 cm³/mol. The Labute approximate surface area is 176 Å². The minimum Gasteiger partial charge on any atom is -0.480 e. The number of rotatable bonds is 10. The molecule has 12 heteroatoms. The number of carboxylic acids is 1. The summed E-state index contributed by atoms with van der Waals surface area (Å²) in [5, 5.41) is 70.7. The van der Waals surface area contributed by atoms with Gasteiger partial charge in [-0.3, -0.25) is 19.5 Å². The molecule has 0 spiro atoms. The van der Waals surface area contributed by atoms with Crippen LogP contribution in [0.3, 0.4) is 0 Å². The van der Waals surface area contributed by atoms with Gasteiger partial charge in [-0.15, -0.1) is 0 Å². The SMILES string of the molecule is O=C(O)CN1CCNCCN([C@H](CO)[C@H](O)CO)CCN([C@@H](CO)[C@@H](O)CO)CC1. The van der Waals surface area contributed by atoms with Crippen LogP contribution in [0.15, 0.2) is 0 Å². The number of hydrogen-bond acceptors (Lipinski definition) is 11. The van der Waals surface area contributed by atoms with Gasteiger partial charge in [0.15, 0.2) is 0 Å². The summed E-state index contributed by atoms with van der Waals surface area (Å²) in [6.07, 6.45) is -2.30. The molecule has 178 valence electrons. The summed E-state index contributed by atoms with van der Waals surface area (Å²) < 4.78 is 0. The quantitative estimate of drug-likeness (QED) is 0.163. The van der Waals surface area contributed by atoms with Gasteiger partial charge in [0.25, 0.3) is 0 Å². The Hall–Kier alpha value is -0.930. The maximum atomic E-state index is 11.1. The number of carbonyl (C=O) groups is 1. The van der Waals surface area contributed by atoms with Crippen LogP contribution in [-0.2, 0) is 4.79 Å². The molecule has 30 heavy (non-hydrogen) atoms. The van der Waals surface area contributed by atoms with Crippen LogP contribution in [0, 0.1) is 0 Å². The molecule has 1 saturated heterocycles. The van der Waals surface area contributed by atoms with E-state index in [2.05, 4.69) is 5.32 Å². The number of nitrogens with zero attached hydrogens (tertiary/aromatic N) is 3. The van der Waals surface area contributed by atoms with E-state index >= 15 is 0 Å². The van der Waals surface area contributed by atoms with Crippen LogP contribution in [0.4, 0.5) is 0 Å². The van der Waals surface area contributed by atoms with Crippen molar-refractivity contribution in [2.24, 2.45) is 0 Å². The summed E-state index contributed by atoms with van der Waals surface area (Å²) in [4.78, 5) is 16.5. The molecule has 1 heterocycles. The molecule has 0 aromatic heterocycles. The fourth-order valence-electron chi connectivity index (χ4n) is 3.66. The molecule has 0 bridgehead atoms. The summed E-state index contributed by atoms with van der Waals surface area (Å²) in [6.45, 7) is 1.51. The van der Waals surface area contributed by atoms with E-state index in [0.29, 0.717) is 52.4 Å². The van der Waals surface area contributed by atoms with Gasteiger partial charge in [-0.1, -0.05) is 0 Å². The second-order valence-corrected chi connectivity index (χ2v) is 7.49. The van der Waals surface area contributed by atoms with Gasteiger partial charge in [-0.2, -0.15) is 0 Å². The molecule has 0 aromatic rings. The first-order valence-corrected chi connectivity index (χ1v) is 10.3. The zero-order valence-corrected chi connectivity index (χ0v) is 17.4. The molecular formula is C18H38N4O8. The Morgan fingerprint density at radius 1 is 0.733 bits per heavy atom. The maximum Gasteiger partial charge on any atom is 0.317 e. The van der Waals surface area contributed by atoms with Gasteiger partial charge >= 0.3 is 5.97 Å². The van der Waals surface area contributed by atoms with Gasteiger partial charge in [0.1, 0.15) is 0 Å². The Bertz CT molecular complexity index is 475. The molecule has 4 atom stereocenters. The standard InChI is InChI=1S/C18H38N4O8/c23-10-14(16(27)12-25)21-4-2-19-1-3-20(9-18(29)30)5-6-22(8-7-21)15(11-24)17(28)13-26/h14-17,19,23-28H,1-13H2,(H,29,30)/t14-,15+,16-,17+/m1/s1. The van der Waals surface area contributed by atoms with Crippen LogP contribution in [0.25, 0.3) is 0 Å². The molecule has 0 radical (unpaired) electrons. The number of nitrogens with one attached hydrogen (secondary N) is 1. The van der Waals surface area contributed by atoms with Crippen LogP contribution in [-0.4, -0.2) is 166 Å². The Balaban J connectivity index is 3.01. The van der Waals surface area contributed by atoms with Crippen molar-refractivity contribution in [1.29, 1.82) is 0 Å². The van der Waals surface area contributed by atoms with Crippen molar-refractivity contribution >= 4 is 5.97 Å². The van der Waals surface area contributed by atoms with Crippen molar-refractivity contribution in [2.45, 2.75) is 24.3 Å². The van der Waals surface area contributed by atoms with Crippen LogP contribution < -0.4 is 5.32 Å². The molecule has 0 amide bonds. The van der Waals surface area contributed by atoms with Crippen LogP contribution in [0.2, 0.25) is 0 Å². The largest absolute Gasteiger partial charge is 0.480 e. The number of aliphatic hydroxyl groups is 6. The average Bonchev–Trinajstić information content (AvgIpc) is 2.72. The topological polar surface area (TPSA) is 180 Å². The second-order valence-electron chi connectivity index (χ2n) is 7.49. The minimum atomic E-state index is -1.18. The molecule has 1 fully saturated rings. The zero-order chi connectivity index (χ0) is 22.5. The minimum absolute atomic E-state index is 0.136. The highest BCUT2D eigenvalue weighted by molar-refractivity contribution is 5.69. The van der Waals surface area contributed by atoms with Gasteiger partial charge in [-0.05, 0) is 0 Å². The van der Waals surface area contributed by atoms with Crippen molar-refractivity contribution in [1.82, 2.24) is 20.0 Å². The number of hydrogen-bond donors (Lipinski definition) is 8. The molecule has 1 aliphatic rings. The monoisotopic (exact) mass is 438 g/mol. The zero-order valence-electron chi connectivity index (χ0n) is 17.4. The van der Waals surface area contributed by atoms with Crippen molar-refractivity contribution in [3.63, 3.8) is 0 Å². The molecule has 12 nitrogen and oxygen atoms in total. The number of aliphatic carboxylic acids is 1. The number of carboxylic acid groups (broad SMARTS) is 1. The summed E-state index contributed by atoms with van der Waals surface area (Å²) in [5.74, 6) is -0.947. The Morgan fingerprint density at radius 2 is 1.20 bits per heavy atom. The molecule has 1 aliphatic heterocycles. The first-order valence-electron chi connectivity index (χ1n) is 10.3. The third-order valence-corrected chi connectivity index (χ3v) is 5.49. The van der Waals surface area contributed by atoms with Crippen LogP contribution in [0.5, 0.6) is 0 Å². The fraction of sp³-hybridized carbons (Fsp3) is 0.944. The normalized spacial score (nSPS) is 23.1. The summed E-state index contributed by atoms with van der Waals surface area (Å²) in [5.41, 5.74) is 0. The lowest BCUT2D eigenvalue weighted by Crippen LogP contribution is -2.56. The maximum absolute atomic E-state index is 11.1. The third kappa shape index (κ3) is 9.06. The Kier molecular flexibility index (Phi) is 13.5. The second kappa shape index (κ2) is 15.0. The van der Waals surface area contributed by atoms with Gasteiger partial charge in [-0.25, -0.2) is 0 Å². The Morgan fingerprint density at radius 3 is 1.67 bits per heavy atom. The van der Waals surface area contributed by atoms with E-state index < -0.39 is 50.1 Å². The van der Waals surface area contributed by atoms with Gasteiger partial charge in [0, 0.05) is 52.4 Å². The average molecular weight is 439 g/mol. The van der Waals surface area contributed by atoms with Gasteiger partial charge < -0.3 is 41.1 Å². The molecular weight excluding hydrogens is 400 g/mol. The van der Waals surface area contributed by atoms with Crippen molar-refractivity contribution < 1.29 is 40.5 Å². The van der Waals surface area contributed by atoms with Crippen LogP contribution in [0.1, 0.15) is 0 Å². The van der Waals surface area contributed by atoms with E-state index in [1.165, 1.54) is 0 Å². The highest BCUT2D eigenvalue weighted by Gasteiger charge is 2.29. The van der Waals surface area contributed by atoms with Crippen molar-refractivity contribution in [3.05, 3.63) is 0 Å². The molecule has 8 N–H and O–H groups in total. The lowest BCUT2D eigenvalue weighted by Gasteiger charge is -2.39. The third-order valence-electron chi connectivity index (χ3n) is 5.49. The smallest absolute Gasteiger partial charge is 0.317 e. The van der Waals surface area contributed by atoms with E-state index in [0.717, 1.165) is 0 Å². The van der Waals surface area contributed by atoms with Gasteiger partial charge in [0.2, 0.25) is 0 Å². The predicted octanol–water partition coefficient (Wildman–Crippen LogP) is -4.99. The fourth-order valence-corrected chi connectivity index (χ4v) is 3.66. The highest BCUT2D eigenvalue weighted by atomic mass is 16.4. The summed E-state index contributed by atoms with van der Waals surface area (Å²) in [6, 6.07) is -1.43. The first-order chi connectivity index (χ1) is 14.4. The van der Waals surface area contributed by atoms with E-state index in [4.69, 9.17) is 5.11 Å². The van der Waals surface area contributed by atoms with Crippen molar-refractivity contribution in [2.75, 3.05) is 85.3 Å². The lowest BCUT2D eigenvalue weighted by molar-refractivity contribution is -0.138. The molecule has 1 rings (SSSR count). The van der Waals surface area contributed by atoms with Crippen LogP contribution >= 0.6 is 0 Å². The summed E-state index contributed by atoms with van der Waals surface area (Å²) >= 11 is 0. The number of aliphatic hydroxyl groups excluding tert-OH is 6. The highest BCUT2D eigenvalue weighted by Crippen LogP contribution is 2.10. The van der Waals surface area contributed by atoms with E-state index in [1.807, 2.05) is 4.90 Å². The van der Waals surface area contributed by atoms with Gasteiger partial charge in [0.05, 0.1) is 57.3 Å². The molecule has 0 aliphatic carbocycles. The van der Waals surface area contributed by atoms with Crippen molar-refractivity contribution in [3.8, 4) is 0 Å². The lowest BCUT2D eigenvalue weighted by atomic mass is 10.1. The molecule has 0 aromatic carbocycles.